The third-order valence-corrected chi connectivity index (χ3v) is 7.62. The Morgan fingerprint density at radius 2 is 1.35 bits per heavy atom. The molecule has 1 aromatic carbocycles. The zero-order valence-corrected chi connectivity index (χ0v) is 25.6. The monoisotopic (exact) mass is 582 g/mol. The van der Waals surface area contributed by atoms with E-state index >= 15 is 0 Å². The van der Waals surface area contributed by atoms with Crippen molar-refractivity contribution in [1.29, 1.82) is 0 Å². The molecule has 0 saturated carbocycles. The SMILES string of the molecule is Br.CCCCCCCCCC[N+]1(CCOC([O-])=Nc2ccccc2OCCCCCCC)CCCCC1. The van der Waals surface area contributed by atoms with Crippen molar-refractivity contribution < 1.29 is 19.1 Å². The summed E-state index contributed by atoms with van der Waals surface area (Å²) in [7, 11) is 0. The molecule has 214 valence electrons. The van der Waals surface area contributed by atoms with Crippen LogP contribution >= 0.6 is 17.0 Å². The first-order valence-corrected chi connectivity index (χ1v) is 15.1. The molecule has 2 rings (SSSR count). The highest BCUT2D eigenvalue weighted by Crippen LogP contribution is 2.27. The summed E-state index contributed by atoms with van der Waals surface area (Å²) < 4.78 is 12.6. The maximum atomic E-state index is 12.5. The average Bonchev–Trinajstić information content (AvgIpc) is 2.89. The van der Waals surface area contributed by atoms with Crippen LogP contribution in [0.5, 0.6) is 5.75 Å². The zero-order valence-electron chi connectivity index (χ0n) is 23.9. The van der Waals surface area contributed by atoms with Crippen LogP contribution in [0.4, 0.5) is 5.69 Å². The van der Waals surface area contributed by atoms with Gasteiger partial charge in [0.05, 0.1) is 32.8 Å². The number of likely N-dealkylation sites (tertiary alicyclic amines) is 1. The van der Waals surface area contributed by atoms with E-state index in [0.29, 0.717) is 24.7 Å². The minimum Gasteiger partial charge on any atom is -0.594 e. The fraction of sp³-hybridized carbons (Fsp3) is 0.774. The molecular weight excluding hydrogens is 528 g/mol. The molecule has 1 aliphatic rings. The van der Waals surface area contributed by atoms with Crippen molar-refractivity contribution in [2.45, 2.75) is 117 Å². The van der Waals surface area contributed by atoms with Crippen LogP contribution in [0.2, 0.25) is 0 Å². The third-order valence-electron chi connectivity index (χ3n) is 7.62. The lowest BCUT2D eigenvalue weighted by atomic mass is 10.0. The van der Waals surface area contributed by atoms with Crippen molar-refractivity contribution in [2.75, 3.05) is 39.4 Å². The van der Waals surface area contributed by atoms with Gasteiger partial charge in [0.15, 0.2) is 6.08 Å². The van der Waals surface area contributed by atoms with Crippen molar-refractivity contribution in [3.63, 3.8) is 0 Å². The summed E-state index contributed by atoms with van der Waals surface area (Å²) in [5.41, 5.74) is 0.567. The molecular formula is C31H55BrN2O3. The van der Waals surface area contributed by atoms with E-state index in [1.165, 1.54) is 116 Å². The van der Waals surface area contributed by atoms with Crippen molar-refractivity contribution in [2.24, 2.45) is 4.99 Å². The number of aliphatic imine (C=N–C) groups is 1. The zero-order chi connectivity index (χ0) is 25.7. The summed E-state index contributed by atoms with van der Waals surface area (Å²) in [5, 5.41) is 12.5. The molecule has 0 atom stereocenters. The van der Waals surface area contributed by atoms with E-state index in [-0.39, 0.29) is 17.0 Å². The van der Waals surface area contributed by atoms with Crippen LogP contribution in [-0.2, 0) is 4.74 Å². The highest BCUT2D eigenvalue weighted by atomic mass is 79.9. The average molecular weight is 584 g/mol. The Morgan fingerprint density at radius 1 is 0.757 bits per heavy atom. The van der Waals surface area contributed by atoms with Gasteiger partial charge >= 0.3 is 0 Å². The van der Waals surface area contributed by atoms with E-state index in [2.05, 4.69) is 18.8 Å². The van der Waals surface area contributed by atoms with Crippen LogP contribution in [0, 0.1) is 0 Å². The number of para-hydroxylation sites is 2. The number of hydrogen-bond donors (Lipinski definition) is 0. The predicted molar refractivity (Wildman–Crippen MR) is 160 cm³/mol. The number of benzene rings is 1. The lowest BCUT2D eigenvalue weighted by Crippen LogP contribution is -2.54. The second kappa shape index (κ2) is 21.6. The van der Waals surface area contributed by atoms with Crippen LogP contribution in [0.15, 0.2) is 29.3 Å². The molecule has 1 aliphatic heterocycles. The Balaban J connectivity index is 0.00000684. The quantitative estimate of drug-likeness (QED) is 0.0674. The van der Waals surface area contributed by atoms with Crippen molar-refractivity contribution in [1.82, 2.24) is 0 Å². The number of nitrogens with zero attached hydrogens (tertiary/aromatic N) is 2. The second-order valence-electron chi connectivity index (χ2n) is 10.7. The molecule has 1 fully saturated rings. The molecule has 0 unspecified atom stereocenters. The minimum atomic E-state index is -0.503. The molecule has 0 N–H and O–H groups in total. The number of quaternary nitrogens is 1. The van der Waals surface area contributed by atoms with E-state index in [9.17, 15) is 5.11 Å². The molecule has 0 radical (unpaired) electrons. The third kappa shape index (κ3) is 15.0. The Labute approximate surface area is 238 Å². The van der Waals surface area contributed by atoms with Crippen LogP contribution in [0.1, 0.15) is 117 Å². The smallest absolute Gasteiger partial charge is 0.151 e. The van der Waals surface area contributed by atoms with Crippen molar-refractivity contribution in [3.8, 4) is 5.75 Å². The highest BCUT2D eigenvalue weighted by molar-refractivity contribution is 8.93. The standard InChI is InChI=1S/C31H54N2O3.BrH/c1-3-5-7-9-10-11-12-17-23-33(24-18-14-19-25-33)26-28-36-31(34)32-29-21-15-16-22-30(29)35-27-20-13-8-6-4-2;/h15-16,21-22H,3-14,17-20,23-28H2,1-2H3;1H. The van der Waals surface area contributed by atoms with E-state index in [1.807, 2.05) is 24.3 Å². The lowest BCUT2D eigenvalue weighted by Gasteiger charge is -2.42. The number of unbranched alkanes of at least 4 members (excludes halogenated alkanes) is 11. The number of halogens is 1. The van der Waals surface area contributed by atoms with Gasteiger partial charge in [-0.3, -0.25) is 0 Å². The summed E-state index contributed by atoms with van der Waals surface area (Å²) in [6.45, 7) is 10.2. The molecule has 1 heterocycles. The number of piperidine rings is 1. The fourth-order valence-corrected chi connectivity index (χ4v) is 5.34. The van der Waals surface area contributed by atoms with Gasteiger partial charge in [-0.2, -0.15) is 0 Å². The predicted octanol–water partition coefficient (Wildman–Crippen LogP) is 8.12. The maximum absolute atomic E-state index is 12.5. The van der Waals surface area contributed by atoms with Gasteiger partial charge < -0.3 is 19.1 Å². The minimum absolute atomic E-state index is 0. The number of rotatable bonds is 20. The normalized spacial score (nSPS) is 15.2. The first kappa shape index (κ1) is 33.8. The van der Waals surface area contributed by atoms with Crippen LogP contribution in [-0.4, -0.2) is 50.0 Å². The van der Waals surface area contributed by atoms with E-state index in [0.717, 1.165) is 17.4 Å². The summed E-state index contributed by atoms with van der Waals surface area (Å²) in [6, 6.07) is 7.52. The van der Waals surface area contributed by atoms with Gasteiger partial charge in [-0.25, -0.2) is 4.99 Å². The summed E-state index contributed by atoms with van der Waals surface area (Å²) in [5.74, 6) is 0.666. The summed E-state index contributed by atoms with van der Waals surface area (Å²) >= 11 is 0. The van der Waals surface area contributed by atoms with Gasteiger partial charge in [-0.05, 0) is 50.7 Å². The van der Waals surface area contributed by atoms with Gasteiger partial charge in [0, 0.05) is 6.61 Å². The van der Waals surface area contributed by atoms with Crippen LogP contribution in [0.25, 0.3) is 0 Å². The topological polar surface area (TPSA) is 53.9 Å². The molecule has 1 aromatic rings. The van der Waals surface area contributed by atoms with Crippen molar-refractivity contribution >= 4 is 28.8 Å². The van der Waals surface area contributed by atoms with E-state index in [4.69, 9.17) is 9.47 Å². The fourth-order valence-electron chi connectivity index (χ4n) is 5.34. The van der Waals surface area contributed by atoms with Crippen LogP contribution < -0.4 is 9.84 Å². The number of hydrogen-bond acceptors (Lipinski definition) is 4. The molecule has 0 aromatic heterocycles. The molecule has 0 bridgehead atoms. The number of ether oxygens (including phenoxy) is 2. The van der Waals surface area contributed by atoms with Crippen molar-refractivity contribution in [3.05, 3.63) is 24.3 Å². The highest BCUT2D eigenvalue weighted by Gasteiger charge is 2.28. The molecule has 0 aliphatic carbocycles. The maximum Gasteiger partial charge on any atom is 0.151 e. The van der Waals surface area contributed by atoms with Gasteiger partial charge in [0.25, 0.3) is 0 Å². The van der Waals surface area contributed by atoms with Gasteiger partial charge in [-0.1, -0.05) is 90.2 Å². The second-order valence-corrected chi connectivity index (χ2v) is 10.7. The Kier molecular flexibility index (Phi) is 19.7. The molecule has 5 nitrogen and oxygen atoms in total. The van der Waals surface area contributed by atoms with Crippen LogP contribution in [0.3, 0.4) is 0 Å². The van der Waals surface area contributed by atoms with Gasteiger partial charge in [0.1, 0.15) is 11.4 Å². The Hall–Kier alpha value is -1.27. The largest absolute Gasteiger partial charge is 0.594 e. The van der Waals surface area contributed by atoms with E-state index < -0.39 is 6.08 Å². The summed E-state index contributed by atoms with van der Waals surface area (Å²) in [6.07, 6.45) is 20.2. The molecule has 1 saturated heterocycles. The molecule has 0 amide bonds. The van der Waals surface area contributed by atoms with Gasteiger partial charge in [-0.15, -0.1) is 17.0 Å². The van der Waals surface area contributed by atoms with E-state index in [1.54, 1.807) is 0 Å². The Bertz CT molecular complexity index is 707. The summed E-state index contributed by atoms with van der Waals surface area (Å²) in [4.78, 5) is 4.22. The lowest BCUT2D eigenvalue weighted by molar-refractivity contribution is -0.932. The Morgan fingerprint density at radius 3 is 2.03 bits per heavy atom. The molecule has 6 heteroatoms. The first-order chi connectivity index (χ1) is 17.7. The van der Waals surface area contributed by atoms with Gasteiger partial charge in [0.2, 0.25) is 0 Å². The molecule has 37 heavy (non-hydrogen) atoms. The first-order valence-electron chi connectivity index (χ1n) is 15.1. The molecule has 0 spiro atoms.